The van der Waals surface area contributed by atoms with Crippen LogP contribution < -0.4 is 16.0 Å². The first-order chi connectivity index (χ1) is 13.7. The predicted octanol–water partition coefficient (Wildman–Crippen LogP) is 2.09. The molecule has 2 aromatic heterocycles. The summed E-state index contributed by atoms with van der Waals surface area (Å²) in [6.45, 7) is 0.782. The summed E-state index contributed by atoms with van der Waals surface area (Å²) >= 11 is 1.56. The second kappa shape index (κ2) is 6.96. The van der Waals surface area contributed by atoms with Gasteiger partial charge >= 0.3 is 0 Å². The molecule has 1 amide bonds. The van der Waals surface area contributed by atoms with Crippen LogP contribution >= 0.6 is 11.8 Å². The quantitative estimate of drug-likeness (QED) is 0.631. The third-order valence-corrected chi connectivity index (χ3v) is 6.24. The molecule has 0 saturated carbocycles. The van der Waals surface area contributed by atoms with E-state index in [2.05, 4.69) is 26.3 Å². The number of anilines is 1. The zero-order valence-electron chi connectivity index (χ0n) is 15.1. The maximum absolute atomic E-state index is 13.0. The van der Waals surface area contributed by atoms with Gasteiger partial charge in [-0.15, -0.1) is 11.8 Å². The molecule has 5 rings (SSSR count). The van der Waals surface area contributed by atoms with Crippen molar-refractivity contribution in [3.63, 3.8) is 0 Å². The molecule has 7 nitrogen and oxygen atoms in total. The summed E-state index contributed by atoms with van der Waals surface area (Å²) in [5, 5.41) is 4.08. The van der Waals surface area contributed by atoms with Gasteiger partial charge in [0.25, 0.3) is 5.91 Å². The first-order valence-electron chi connectivity index (χ1n) is 9.24. The van der Waals surface area contributed by atoms with Crippen molar-refractivity contribution in [1.82, 2.24) is 20.3 Å². The van der Waals surface area contributed by atoms with Gasteiger partial charge in [0.2, 0.25) is 0 Å². The molecule has 1 aliphatic heterocycles. The summed E-state index contributed by atoms with van der Waals surface area (Å²) < 4.78 is 0. The van der Waals surface area contributed by atoms with Gasteiger partial charge in [0.15, 0.2) is 0 Å². The van der Waals surface area contributed by atoms with Crippen LogP contribution in [0.4, 0.5) is 5.82 Å². The highest BCUT2D eigenvalue weighted by Gasteiger charge is 2.32. The Morgan fingerprint density at radius 2 is 2.18 bits per heavy atom. The number of carbonyl (C=O) groups is 1. The van der Waals surface area contributed by atoms with Crippen LogP contribution in [-0.4, -0.2) is 39.2 Å². The number of hydrogen-bond acceptors (Lipinski definition) is 6. The van der Waals surface area contributed by atoms with E-state index in [0.717, 1.165) is 41.1 Å². The number of rotatable bonds is 3. The number of nitrogens with two attached hydrogens (primary N) is 1. The molecule has 1 aromatic carbocycles. The fourth-order valence-corrected chi connectivity index (χ4v) is 4.80. The van der Waals surface area contributed by atoms with E-state index in [9.17, 15) is 4.79 Å². The molecule has 8 heteroatoms. The maximum Gasteiger partial charge on any atom is 0.259 e. The molecular formula is C20H20N6OS. The van der Waals surface area contributed by atoms with Crippen LogP contribution in [0.15, 0.2) is 54.0 Å². The lowest BCUT2D eigenvalue weighted by Gasteiger charge is -2.26. The highest BCUT2D eigenvalue weighted by atomic mass is 32.2. The Kier molecular flexibility index (Phi) is 4.29. The van der Waals surface area contributed by atoms with Gasteiger partial charge < -0.3 is 20.9 Å². The average molecular weight is 392 g/mol. The number of nitrogens with one attached hydrogen (secondary N) is 2. The lowest BCUT2D eigenvalue weighted by atomic mass is 10.1. The van der Waals surface area contributed by atoms with E-state index < -0.39 is 0 Å². The van der Waals surface area contributed by atoms with Crippen molar-refractivity contribution in [2.75, 3.05) is 17.2 Å². The molecule has 0 spiro atoms. The second-order valence-electron chi connectivity index (χ2n) is 6.99. The van der Waals surface area contributed by atoms with E-state index in [1.807, 2.05) is 41.6 Å². The first kappa shape index (κ1) is 17.3. The van der Waals surface area contributed by atoms with Crippen LogP contribution in [0.3, 0.4) is 0 Å². The number of aromatic amines is 1. The number of amides is 1. The fourth-order valence-electron chi connectivity index (χ4n) is 3.90. The number of carbonyl (C=O) groups excluding carboxylic acids is 1. The number of thioether (sulfide) groups is 1. The normalized spacial score (nSPS) is 21.5. The first-order valence-corrected chi connectivity index (χ1v) is 10.2. The molecule has 0 radical (unpaired) electrons. The van der Waals surface area contributed by atoms with Crippen molar-refractivity contribution >= 4 is 34.5 Å². The fraction of sp³-hybridized carbons (Fsp3) is 0.250. The van der Waals surface area contributed by atoms with Crippen LogP contribution in [0.1, 0.15) is 17.2 Å². The molecule has 3 heterocycles. The molecule has 3 aromatic rings. The number of benzene rings is 1. The van der Waals surface area contributed by atoms with E-state index in [1.165, 1.54) is 11.9 Å². The van der Waals surface area contributed by atoms with Crippen LogP contribution in [0.2, 0.25) is 0 Å². The highest BCUT2D eigenvalue weighted by Crippen LogP contribution is 2.32. The third-order valence-electron chi connectivity index (χ3n) is 5.25. The van der Waals surface area contributed by atoms with Gasteiger partial charge in [-0.2, -0.15) is 0 Å². The van der Waals surface area contributed by atoms with Gasteiger partial charge in [0, 0.05) is 30.7 Å². The van der Waals surface area contributed by atoms with Crippen molar-refractivity contribution in [3.8, 4) is 0 Å². The smallest absolute Gasteiger partial charge is 0.259 e. The summed E-state index contributed by atoms with van der Waals surface area (Å²) in [6.07, 6.45) is 6.05. The number of aromatic nitrogens is 3. The van der Waals surface area contributed by atoms with Crippen LogP contribution in [0, 0.1) is 0 Å². The van der Waals surface area contributed by atoms with Crippen LogP contribution in [0.5, 0.6) is 0 Å². The molecule has 1 aliphatic carbocycles. The SMILES string of the molecule is N[C@@H]1Cc2ccccc2[C@H]1NC(=O)C1=CN(c2ncnc3[nH]ccc23)CCS1. The Hall–Kier alpha value is -2.84. The zero-order chi connectivity index (χ0) is 19.1. The number of H-pyrrole nitrogens is 1. The van der Waals surface area contributed by atoms with E-state index >= 15 is 0 Å². The largest absolute Gasteiger partial charge is 0.346 e. The van der Waals surface area contributed by atoms with Crippen molar-refractivity contribution in [2.24, 2.45) is 5.73 Å². The van der Waals surface area contributed by atoms with Gasteiger partial charge in [0.1, 0.15) is 17.8 Å². The lowest BCUT2D eigenvalue weighted by Crippen LogP contribution is -2.39. The standard InChI is InChI=1S/C20H20N6OS/c21-15-9-12-3-1-2-4-13(12)17(15)25-20(27)16-10-26(7-8-28-16)19-14-5-6-22-18(14)23-11-24-19/h1-6,10-11,15,17H,7-9,21H2,(H,25,27)(H,22,23,24)/t15-,17-/m1/s1. The van der Waals surface area contributed by atoms with E-state index in [0.29, 0.717) is 4.91 Å². The molecule has 2 atom stereocenters. The Balaban J connectivity index is 1.40. The minimum atomic E-state index is -0.156. The van der Waals surface area contributed by atoms with Crippen molar-refractivity contribution in [3.05, 3.63) is 65.1 Å². The van der Waals surface area contributed by atoms with E-state index in [4.69, 9.17) is 5.73 Å². The van der Waals surface area contributed by atoms with E-state index in [1.54, 1.807) is 11.8 Å². The van der Waals surface area contributed by atoms with Crippen molar-refractivity contribution < 1.29 is 4.79 Å². The molecular weight excluding hydrogens is 372 g/mol. The molecule has 0 saturated heterocycles. The van der Waals surface area contributed by atoms with Gasteiger partial charge in [-0.25, -0.2) is 9.97 Å². The monoisotopic (exact) mass is 392 g/mol. The third kappa shape index (κ3) is 2.94. The number of fused-ring (bicyclic) bond motifs is 2. The van der Waals surface area contributed by atoms with Gasteiger partial charge in [-0.3, -0.25) is 4.79 Å². The van der Waals surface area contributed by atoms with Gasteiger partial charge in [0.05, 0.1) is 16.3 Å². The number of nitrogens with zero attached hydrogens (tertiary/aromatic N) is 3. The Labute approximate surface area is 166 Å². The molecule has 142 valence electrons. The van der Waals surface area contributed by atoms with Crippen molar-refractivity contribution in [1.29, 1.82) is 0 Å². The average Bonchev–Trinajstić information content (AvgIpc) is 3.32. The Morgan fingerprint density at radius 1 is 1.29 bits per heavy atom. The highest BCUT2D eigenvalue weighted by molar-refractivity contribution is 8.04. The summed E-state index contributed by atoms with van der Waals surface area (Å²) in [4.78, 5) is 27.4. The predicted molar refractivity (Wildman–Crippen MR) is 111 cm³/mol. The Bertz CT molecular complexity index is 1080. The molecule has 4 N–H and O–H groups in total. The summed E-state index contributed by atoms with van der Waals surface area (Å²) in [5.41, 5.74) is 9.42. The molecule has 0 fully saturated rings. The topological polar surface area (TPSA) is 99.9 Å². The summed E-state index contributed by atoms with van der Waals surface area (Å²) in [5.74, 6) is 1.52. The molecule has 0 bridgehead atoms. The minimum Gasteiger partial charge on any atom is -0.346 e. The minimum absolute atomic E-state index is 0.0915. The summed E-state index contributed by atoms with van der Waals surface area (Å²) in [7, 11) is 0. The van der Waals surface area contributed by atoms with Crippen LogP contribution in [0.25, 0.3) is 11.0 Å². The van der Waals surface area contributed by atoms with Gasteiger partial charge in [-0.05, 0) is 23.6 Å². The molecule has 0 unspecified atom stereocenters. The zero-order valence-corrected chi connectivity index (χ0v) is 15.9. The maximum atomic E-state index is 13.0. The van der Waals surface area contributed by atoms with Crippen molar-refractivity contribution in [2.45, 2.75) is 18.5 Å². The Morgan fingerprint density at radius 3 is 3.11 bits per heavy atom. The van der Waals surface area contributed by atoms with Crippen LogP contribution in [-0.2, 0) is 11.2 Å². The molecule has 2 aliphatic rings. The van der Waals surface area contributed by atoms with Gasteiger partial charge in [-0.1, -0.05) is 24.3 Å². The summed E-state index contributed by atoms with van der Waals surface area (Å²) in [6, 6.07) is 9.82. The number of hydrogen-bond donors (Lipinski definition) is 3. The lowest BCUT2D eigenvalue weighted by molar-refractivity contribution is -0.117. The second-order valence-corrected chi connectivity index (χ2v) is 8.13. The molecule has 28 heavy (non-hydrogen) atoms. The van der Waals surface area contributed by atoms with E-state index in [-0.39, 0.29) is 18.0 Å².